The fourth-order valence-electron chi connectivity index (χ4n) is 5.29. The van der Waals surface area contributed by atoms with Crippen molar-refractivity contribution in [1.82, 2.24) is 35.1 Å². The molecule has 0 amide bonds. The van der Waals surface area contributed by atoms with E-state index in [4.69, 9.17) is 4.98 Å². The van der Waals surface area contributed by atoms with Gasteiger partial charge in [0.05, 0.1) is 28.4 Å². The molecule has 8 heteroatoms. The molecule has 0 unspecified atom stereocenters. The van der Waals surface area contributed by atoms with Gasteiger partial charge in [0, 0.05) is 29.5 Å². The number of anilines is 1. The van der Waals surface area contributed by atoms with E-state index in [0.717, 1.165) is 61.2 Å². The van der Waals surface area contributed by atoms with Crippen LogP contribution in [0.3, 0.4) is 0 Å². The Hall–Kier alpha value is -4.85. The zero-order valence-corrected chi connectivity index (χ0v) is 22.8. The van der Waals surface area contributed by atoms with Gasteiger partial charge in [-0.3, -0.25) is 20.1 Å². The van der Waals surface area contributed by atoms with Gasteiger partial charge in [-0.15, -0.1) is 0 Å². The third-order valence-corrected chi connectivity index (χ3v) is 7.50. The highest BCUT2D eigenvalue weighted by Crippen LogP contribution is 2.31. The normalized spacial score (nSPS) is 15.3. The molecule has 3 N–H and O–H groups in total. The number of fused-ring (bicyclic) bond motifs is 1. The third kappa shape index (κ3) is 5.08. The van der Waals surface area contributed by atoms with Crippen LogP contribution < -0.4 is 15.9 Å². The maximum absolute atomic E-state index is 4.87. The van der Waals surface area contributed by atoms with Gasteiger partial charge < -0.3 is 10.3 Å². The maximum Gasteiger partial charge on any atom is 0.159 e. The first-order chi connectivity index (χ1) is 19.6. The zero-order valence-electron chi connectivity index (χ0n) is 22.8. The van der Waals surface area contributed by atoms with Gasteiger partial charge in [-0.25, -0.2) is 4.98 Å². The molecule has 5 aromatic heterocycles. The van der Waals surface area contributed by atoms with Gasteiger partial charge >= 0.3 is 0 Å². The van der Waals surface area contributed by atoms with Crippen molar-refractivity contribution in [3.05, 3.63) is 89.6 Å². The van der Waals surface area contributed by atoms with Gasteiger partial charge in [-0.05, 0) is 74.1 Å². The van der Waals surface area contributed by atoms with Crippen molar-refractivity contribution in [3.8, 4) is 22.9 Å². The summed E-state index contributed by atoms with van der Waals surface area (Å²) in [6.07, 6.45) is 18.4. The molecule has 8 nitrogen and oxygen atoms in total. The molecule has 40 heavy (non-hydrogen) atoms. The van der Waals surface area contributed by atoms with Gasteiger partial charge in [0.1, 0.15) is 16.9 Å². The van der Waals surface area contributed by atoms with Crippen molar-refractivity contribution < 1.29 is 0 Å². The monoisotopic (exact) mass is 528 g/mol. The summed E-state index contributed by atoms with van der Waals surface area (Å²) in [5.41, 5.74) is 8.12. The number of allylic oxidation sites excluding steroid dienone is 3. The van der Waals surface area contributed by atoms with Crippen LogP contribution in [0, 0.1) is 5.92 Å². The average Bonchev–Trinajstić information content (AvgIpc) is 3.75. The molecule has 5 aromatic rings. The minimum Gasteiger partial charge on any atom is -0.358 e. The minimum absolute atomic E-state index is 0.552. The van der Waals surface area contributed by atoms with E-state index in [1.54, 1.807) is 12.4 Å². The second-order valence-electron chi connectivity index (χ2n) is 10.2. The molecule has 0 spiro atoms. The van der Waals surface area contributed by atoms with Crippen molar-refractivity contribution >= 4 is 34.4 Å². The number of imidazole rings is 1. The molecular weight excluding hydrogens is 496 g/mol. The van der Waals surface area contributed by atoms with Crippen LogP contribution in [-0.4, -0.2) is 35.1 Å². The number of nitrogens with one attached hydrogen (secondary N) is 3. The van der Waals surface area contributed by atoms with Crippen LogP contribution in [0.5, 0.6) is 0 Å². The number of hydrogen-bond donors (Lipinski definition) is 3. The molecule has 200 valence electrons. The number of hydrogen-bond acceptors (Lipinski definition) is 6. The molecule has 0 atom stereocenters. The highest BCUT2D eigenvalue weighted by molar-refractivity contribution is 5.90. The van der Waals surface area contributed by atoms with E-state index in [-0.39, 0.29) is 0 Å². The van der Waals surface area contributed by atoms with E-state index in [0.29, 0.717) is 11.7 Å². The van der Waals surface area contributed by atoms with Crippen molar-refractivity contribution in [3.63, 3.8) is 0 Å². The Kier molecular flexibility index (Phi) is 7.06. The number of rotatable bonds is 7. The molecular formula is C32H32N8. The molecule has 0 radical (unpaired) electrons. The van der Waals surface area contributed by atoms with Crippen LogP contribution in [-0.2, 0) is 0 Å². The molecule has 0 saturated heterocycles. The Bertz CT molecular complexity index is 1820. The average molecular weight is 529 g/mol. The predicted octanol–water partition coefficient (Wildman–Crippen LogP) is 5.61. The summed E-state index contributed by atoms with van der Waals surface area (Å²) in [6, 6.07) is 9.81. The summed E-state index contributed by atoms with van der Waals surface area (Å²) >= 11 is 0. The van der Waals surface area contributed by atoms with Crippen LogP contribution in [0.4, 0.5) is 5.69 Å². The lowest BCUT2D eigenvalue weighted by Crippen LogP contribution is -2.23. The largest absolute Gasteiger partial charge is 0.358 e. The summed E-state index contributed by atoms with van der Waals surface area (Å²) in [5.74, 6) is 1.23. The number of H-pyrrole nitrogens is 2. The predicted molar refractivity (Wildman–Crippen MR) is 161 cm³/mol. The number of aromatic nitrogens is 7. The minimum atomic E-state index is 0.552. The second-order valence-corrected chi connectivity index (χ2v) is 10.2. The van der Waals surface area contributed by atoms with E-state index in [1.165, 1.54) is 25.7 Å². The zero-order chi connectivity index (χ0) is 27.5. The molecule has 0 aromatic carbocycles. The summed E-state index contributed by atoms with van der Waals surface area (Å²) in [7, 11) is 0. The molecule has 1 aliphatic carbocycles. The van der Waals surface area contributed by atoms with Gasteiger partial charge in [-0.2, -0.15) is 5.10 Å². The van der Waals surface area contributed by atoms with Crippen LogP contribution in [0.2, 0.25) is 0 Å². The smallest absolute Gasteiger partial charge is 0.159 e. The van der Waals surface area contributed by atoms with E-state index in [9.17, 15) is 0 Å². The van der Waals surface area contributed by atoms with Crippen molar-refractivity contribution in [2.75, 3.05) is 5.32 Å². The molecule has 0 aliphatic heterocycles. The van der Waals surface area contributed by atoms with Gasteiger partial charge in [-0.1, -0.05) is 37.6 Å². The standard InChI is InChI=1S/C32H32N8/c1-4-25-26(13-12-20(2)23-17-24(19-33-18-23)36-21(3)22-9-5-6-10-22)39-40-29(25)32-37-28-14-16-35-30(31(28)38-32)27-11-7-8-15-34-27/h4,7-8,11-19,22,36,39H,3,5-6,9-10H2,1-2H3,(H,37,38)/b20-12+,25-4-,26-13+. The number of pyridine rings is 3. The molecule has 0 bridgehead atoms. The maximum atomic E-state index is 4.87. The molecule has 6 rings (SSSR count). The highest BCUT2D eigenvalue weighted by atomic mass is 15.1. The van der Waals surface area contributed by atoms with Crippen LogP contribution >= 0.6 is 0 Å². The van der Waals surface area contributed by atoms with Gasteiger partial charge in [0.15, 0.2) is 5.82 Å². The lowest BCUT2D eigenvalue weighted by atomic mass is 10.0. The summed E-state index contributed by atoms with van der Waals surface area (Å²) < 4.78 is 0. The quantitative estimate of drug-likeness (QED) is 0.254. The third-order valence-electron chi connectivity index (χ3n) is 7.50. The van der Waals surface area contributed by atoms with Crippen LogP contribution in [0.1, 0.15) is 45.1 Å². The van der Waals surface area contributed by atoms with Gasteiger partial charge in [0.25, 0.3) is 0 Å². The van der Waals surface area contributed by atoms with Crippen molar-refractivity contribution in [2.45, 2.75) is 39.5 Å². The van der Waals surface area contributed by atoms with Crippen LogP contribution in [0.15, 0.2) is 73.5 Å². The summed E-state index contributed by atoms with van der Waals surface area (Å²) in [4.78, 5) is 21.7. The Morgan fingerprint density at radius 3 is 2.75 bits per heavy atom. The Morgan fingerprint density at radius 2 is 1.95 bits per heavy atom. The summed E-state index contributed by atoms with van der Waals surface area (Å²) in [5, 5.41) is 13.1. The topological polar surface area (TPSA) is 108 Å². The first-order valence-electron chi connectivity index (χ1n) is 13.7. The van der Waals surface area contributed by atoms with Crippen LogP contribution in [0.25, 0.3) is 51.7 Å². The molecule has 5 heterocycles. The Balaban J connectivity index is 1.29. The first-order valence-corrected chi connectivity index (χ1v) is 13.7. The second kappa shape index (κ2) is 11.1. The first kappa shape index (κ1) is 25.4. The lowest BCUT2D eigenvalue weighted by Gasteiger charge is -2.16. The molecule has 1 fully saturated rings. The Morgan fingerprint density at radius 1 is 1.07 bits per heavy atom. The fraction of sp³-hybridized carbons (Fsp3) is 0.219. The summed E-state index contributed by atoms with van der Waals surface area (Å²) in [6.45, 7) is 8.36. The van der Waals surface area contributed by atoms with E-state index < -0.39 is 0 Å². The number of aromatic amines is 2. The fourth-order valence-corrected chi connectivity index (χ4v) is 5.29. The lowest BCUT2D eigenvalue weighted by molar-refractivity contribution is 0.649. The van der Waals surface area contributed by atoms with Crippen molar-refractivity contribution in [2.24, 2.45) is 5.92 Å². The molecule has 1 aliphatic rings. The van der Waals surface area contributed by atoms with Gasteiger partial charge in [0.2, 0.25) is 0 Å². The van der Waals surface area contributed by atoms with E-state index in [2.05, 4.69) is 61.1 Å². The van der Waals surface area contributed by atoms with E-state index in [1.807, 2.05) is 55.7 Å². The SMILES string of the molecule is C=C(Nc1cncc(/C(C)=C/C=c2/[nH]nc(-c3nc4c(-c5ccccn5)nccc4[nH]3)/c2=C\C)c1)C1CCCC1. The van der Waals surface area contributed by atoms with Crippen molar-refractivity contribution in [1.29, 1.82) is 0 Å². The number of nitrogens with zero attached hydrogens (tertiary/aromatic N) is 5. The Labute approximate surface area is 232 Å². The molecule has 1 saturated carbocycles. The highest BCUT2D eigenvalue weighted by Gasteiger charge is 2.18. The van der Waals surface area contributed by atoms with E-state index >= 15 is 0 Å².